The molecule has 2 aromatic rings. The SMILES string of the molecule is COc1ccc([C@H](c2ccccc2)C(C)(C)C(=O)NC2CC2)cc1. The van der Waals surface area contributed by atoms with Crippen LogP contribution in [-0.4, -0.2) is 19.1 Å². The Kier molecular flexibility index (Phi) is 4.61. The summed E-state index contributed by atoms with van der Waals surface area (Å²) < 4.78 is 5.27. The lowest BCUT2D eigenvalue weighted by Gasteiger charge is -2.34. The number of hydrogen-bond acceptors (Lipinski definition) is 2. The zero-order valence-corrected chi connectivity index (χ0v) is 14.6. The number of benzene rings is 2. The average Bonchev–Trinajstić information content (AvgIpc) is 3.40. The first-order chi connectivity index (χ1) is 11.5. The fourth-order valence-corrected chi connectivity index (χ4v) is 3.20. The van der Waals surface area contributed by atoms with Gasteiger partial charge in [-0.3, -0.25) is 4.79 Å². The number of rotatable bonds is 6. The molecule has 1 atom stereocenters. The highest BCUT2D eigenvalue weighted by Gasteiger charge is 2.40. The van der Waals surface area contributed by atoms with Gasteiger partial charge in [0.05, 0.1) is 12.5 Å². The zero-order chi connectivity index (χ0) is 17.2. The molecule has 1 aliphatic rings. The number of carbonyl (C=O) groups excluding carboxylic acids is 1. The monoisotopic (exact) mass is 323 g/mol. The molecule has 0 spiro atoms. The van der Waals surface area contributed by atoms with Crippen molar-refractivity contribution in [3.8, 4) is 5.75 Å². The van der Waals surface area contributed by atoms with E-state index in [0.29, 0.717) is 6.04 Å². The minimum absolute atomic E-state index is 0.0108. The molecule has 1 aliphatic carbocycles. The van der Waals surface area contributed by atoms with Crippen molar-refractivity contribution in [2.75, 3.05) is 7.11 Å². The molecule has 1 amide bonds. The van der Waals surface area contributed by atoms with Crippen LogP contribution in [0.15, 0.2) is 54.6 Å². The summed E-state index contributed by atoms with van der Waals surface area (Å²) in [5.74, 6) is 0.934. The van der Waals surface area contributed by atoms with E-state index in [0.717, 1.165) is 29.7 Å². The highest BCUT2D eigenvalue weighted by atomic mass is 16.5. The van der Waals surface area contributed by atoms with Crippen molar-refractivity contribution in [1.29, 1.82) is 0 Å². The lowest BCUT2D eigenvalue weighted by atomic mass is 9.70. The predicted molar refractivity (Wildman–Crippen MR) is 96.2 cm³/mol. The van der Waals surface area contributed by atoms with Crippen LogP contribution in [0.5, 0.6) is 5.75 Å². The molecule has 0 heterocycles. The van der Waals surface area contributed by atoms with E-state index < -0.39 is 5.41 Å². The van der Waals surface area contributed by atoms with Gasteiger partial charge >= 0.3 is 0 Å². The Morgan fingerprint density at radius 3 is 2.17 bits per heavy atom. The van der Waals surface area contributed by atoms with Crippen molar-refractivity contribution >= 4 is 5.91 Å². The van der Waals surface area contributed by atoms with Crippen molar-refractivity contribution in [2.45, 2.75) is 38.6 Å². The zero-order valence-electron chi connectivity index (χ0n) is 14.6. The molecule has 3 heteroatoms. The van der Waals surface area contributed by atoms with Crippen molar-refractivity contribution in [2.24, 2.45) is 5.41 Å². The van der Waals surface area contributed by atoms with Crippen molar-refractivity contribution in [3.05, 3.63) is 65.7 Å². The van der Waals surface area contributed by atoms with Crippen molar-refractivity contribution < 1.29 is 9.53 Å². The van der Waals surface area contributed by atoms with Crippen LogP contribution in [0.4, 0.5) is 0 Å². The van der Waals surface area contributed by atoms with E-state index in [-0.39, 0.29) is 11.8 Å². The van der Waals surface area contributed by atoms with Gasteiger partial charge in [-0.1, -0.05) is 56.3 Å². The minimum Gasteiger partial charge on any atom is -0.497 e. The van der Waals surface area contributed by atoms with E-state index in [1.165, 1.54) is 0 Å². The van der Waals surface area contributed by atoms with Crippen LogP contribution in [0.1, 0.15) is 43.7 Å². The van der Waals surface area contributed by atoms with Gasteiger partial charge in [0, 0.05) is 12.0 Å². The summed E-state index contributed by atoms with van der Waals surface area (Å²) in [6, 6.07) is 18.7. The van der Waals surface area contributed by atoms with E-state index >= 15 is 0 Å². The maximum Gasteiger partial charge on any atom is 0.226 e. The van der Waals surface area contributed by atoms with Gasteiger partial charge in [0.25, 0.3) is 0 Å². The number of nitrogens with one attached hydrogen (secondary N) is 1. The Balaban J connectivity index is 1.98. The van der Waals surface area contributed by atoms with Crippen LogP contribution in [-0.2, 0) is 4.79 Å². The molecule has 0 radical (unpaired) electrons. The summed E-state index contributed by atoms with van der Waals surface area (Å²) in [6.07, 6.45) is 2.20. The van der Waals surface area contributed by atoms with Gasteiger partial charge in [-0.15, -0.1) is 0 Å². The van der Waals surface area contributed by atoms with E-state index in [2.05, 4.69) is 29.6 Å². The molecule has 3 nitrogen and oxygen atoms in total. The molecule has 0 saturated heterocycles. The average molecular weight is 323 g/mol. The highest BCUT2D eigenvalue weighted by molar-refractivity contribution is 5.84. The van der Waals surface area contributed by atoms with E-state index in [4.69, 9.17) is 4.74 Å². The van der Waals surface area contributed by atoms with Crippen LogP contribution in [0.25, 0.3) is 0 Å². The molecule has 0 aromatic heterocycles. The Labute approximate surface area is 144 Å². The quantitative estimate of drug-likeness (QED) is 0.868. The van der Waals surface area contributed by atoms with Gasteiger partial charge in [-0.25, -0.2) is 0 Å². The number of hydrogen-bond donors (Lipinski definition) is 1. The molecular weight excluding hydrogens is 298 g/mol. The van der Waals surface area contributed by atoms with Gasteiger partial charge < -0.3 is 10.1 Å². The summed E-state index contributed by atoms with van der Waals surface area (Å²) in [5.41, 5.74) is 1.73. The van der Waals surface area contributed by atoms with Gasteiger partial charge in [0.15, 0.2) is 0 Å². The van der Waals surface area contributed by atoms with E-state index in [1.54, 1.807) is 7.11 Å². The Hall–Kier alpha value is -2.29. The van der Waals surface area contributed by atoms with Gasteiger partial charge in [0.2, 0.25) is 5.91 Å². The van der Waals surface area contributed by atoms with Gasteiger partial charge in [-0.2, -0.15) is 0 Å². The molecule has 1 saturated carbocycles. The molecular formula is C21H25NO2. The summed E-state index contributed by atoms with van der Waals surface area (Å²) >= 11 is 0. The second-order valence-corrected chi connectivity index (χ2v) is 7.09. The van der Waals surface area contributed by atoms with Crippen LogP contribution in [0.3, 0.4) is 0 Å². The highest BCUT2D eigenvalue weighted by Crippen LogP contribution is 2.42. The van der Waals surface area contributed by atoms with E-state index in [9.17, 15) is 4.79 Å². The summed E-state index contributed by atoms with van der Waals surface area (Å²) in [6.45, 7) is 4.07. The predicted octanol–water partition coefficient (Wildman–Crippen LogP) is 4.13. The second kappa shape index (κ2) is 6.68. The lowest BCUT2D eigenvalue weighted by Crippen LogP contribution is -2.42. The van der Waals surface area contributed by atoms with Crippen LogP contribution in [0.2, 0.25) is 0 Å². The summed E-state index contributed by atoms with van der Waals surface area (Å²) in [5, 5.41) is 3.17. The fraction of sp³-hybridized carbons (Fsp3) is 0.381. The lowest BCUT2D eigenvalue weighted by molar-refractivity contribution is -0.130. The standard InChI is InChI=1S/C21H25NO2/c1-21(2,20(23)22-17-11-12-17)19(15-7-5-4-6-8-15)16-9-13-18(24-3)14-10-16/h4-10,13-14,17,19H,11-12H2,1-3H3,(H,22,23)/t19-/m0/s1. The molecule has 1 fully saturated rings. The molecule has 126 valence electrons. The minimum atomic E-state index is -0.543. The molecule has 1 N–H and O–H groups in total. The topological polar surface area (TPSA) is 38.3 Å². The maximum absolute atomic E-state index is 12.9. The second-order valence-electron chi connectivity index (χ2n) is 7.09. The number of ether oxygens (including phenoxy) is 1. The Morgan fingerprint density at radius 1 is 1.04 bits per heavy atom. The number of methoxy groups -OCH3 is 1. The van der Waals surface area contributed by atoms with Gasteiger partial charge in [-0.05, 0) is 36.1 Å². The number of amides is 1. The third-order valence-electron chi connectivity index (χ3n) is 4.80. The van der Waals surface area contributed by atoms with E-state index in [1.807, 2.05) is 44.2 Å². The molecule has 3 rings (SSSR count). The summed E-state index contributed by atoms with van der Waals surface area (Å²) in [7, 11) is 1.66. The Morgan fingerprint density at radius 2 is 1.62 bits per heavy atom. The fourth-order valence-electron chi connectivity index (χ4n) is 3.20. The first-order valence-corrected chi connectivity index (χ1v) is 8.52. The smallest absolute Gasteiger partial charge is 0.226 e. The Bertz CT molecular complexity index is 688. The largest absolute Gasteiger partial charge is 0.497 e. The normalized spacial score (nSPS) is 15.6. The molecule has 2 aromatic carbocycles. The summed E-state index contributed by atoms with van der Waals surface area (Å²) in [4.78, 5) is 12.9. The van der Waals surface area contributed by atoms with Crippen LogP contribution in [0, 0.1) is 5.41 Å². The van der Waals surface area contributed by atoms with Gasteiger partial charge in [0.1, 0.15) is 5.75 Å². The number of carbonyl (C=O) groups is 1. The van der Waals surface area contributed by atoms with Crippen molar-refractivity contribution in [1.82, 2.24) is 5.32 Å². The first kappa shape index (κ1) is 16.6. The molecule has 0 aliphatic heterocycles. The van der Waals surface area contributed by atoms with Crippen LogP contribution >= 0.6 is 0 Å². The maximum atomic E-state index is 12.9. The third kappa shape index (κ3) is 3.45. The first-order valence-electron chi connectivity index (χ1n) is 8.52. The van der Waals surface area contributed by atoms with Crippen LogP contribution < -0.4 is 10.1 Å². The molecule has 0 bridgehead atoms. The third-order valence-corrected chi connectivity index (χ3v) is 4.80. The molecule has 24 heavy (non-hydrogen) atoms. The molecule has 0 unspecified atom stereocenters. The van der Waals surface area contributed by atoms with Crippen molar-refractivity contribution in [3.63, 3.8) is 0 Å².